The van der Waals surface area contributed by atoms with Gasteiger partial charge in [-0.05, 0) is 57.0 Å². The minimum absolute atomic E-state index is 0.0644. The maximum absolute atomic E-state index is 13.4. The molecule has 1 saturated carbocycles. The first-order chi connectivity index (χ1) is 21.9. The van der Waals surface area contributed by atoms with Crippen molar-refractivity contribution >= 4 is 77.7 Å². The Kier molecular flexibility index (Phi) is 8.60. The van der Waals surface area contributed by atoms with E-state index in [1.165, 1.54) is 23.1 Å². The molecule has 0 spiro atoms. The number of halogens is 2. The summed E-state index contributed by atoms with van der Waals surface area (Å²) in [6.07, 6.45) is 1.16. The molecule has 4 unspecified atom stereocenters. The van der Waals surface area contributed by atoms with Crippen LogP contribution in [0.25, 0.3) is 22.2 Å². The second-order valence-corrected chi connectivity index (χ2v) is 14.0. The van der Waals surface area contributed by atoms with Gasteiger partial charge in [0.1, 0.15) is 0 Å². The number of aromatic nitrogens is 1. The lowest BCUT2D eigenvalue weighted by molar-refractivity contribution is -0.385. The molecule has 2 heterocycles. The second kappa shape index (κ2) is 12.5. The van der Waals surface area contributed by atoms with Gasteiger partial charge in [-0.15, -0.1) is 0 Å². The van der Waals surface area contributed by atoms with Crippen molar-refractivity contribution in [3.63, 3.8) is 0 Å². The number of pyridine rings is 1. The number of carbonyl (C=O) groups excluding carboxylic acids is 4. The highest BCUT2D eigenvalue weighted by Crippen LogP contribution is 2.44. The number of imide groups is 1. The van der Waals surface area contributed by atoms with E-state index in [0.717, 1.165) is 5.56 Å². The summed E-state index contributed by atoms with van der Waals surface area (Å²) in [5.41, 5.74) is 3.45. The van der Waals surface area contributed by atoms with Crippen molar-refractivity contribution in [2.75, 3.05) is 11.5 Å². The van der Waals surface area contributed by atoms with Crippen molar-refractivity contribution < 1.29 is 28.8 Å². The summed E-state index contributed by atoms with van der Waals surface area (Å²) >= 11 is 7.23. The van der Waals surface area contributed by atoms with E-state index < -0.39 is 23.3 Å². The van der Waals surface area contributed by atoms with E-state index in [4.69, 9.17) is 9.72 Å². The summed E-state index contributed by atoms with van der Waals surface area (Å²) in [6, 6.07) is 18.0. The Morgan fingerprint density at radius 3 is 2.22 bits per heavy atom. The standard InChI is InChI=1S/C34H27Br2N3O7/c1-17-3-10-28-22(11-17)25(34(43)46-16-31(40)20-5-4-18(2)30(12-20)39(44)45)15-29(37-28)19-6-8-21(9-7-19)38-32(41)23-13-26(35)27(36)14-24(23)33(38)42/h3-12,15,23-24,26-27H,13-14,16H2,1-2H3. The maximum Gasteiger partial charge on any atom is 0.339 e. The molecule has 2 amide bonds. The average molecular weight is 749 g/mol. The molecule has 10 nitrogen and oxygen atoms in total. The van der Waals surface area contributed by atoms with Crippen LogP contribution in [0.4, 0.5) is 11.4 Å². The largest absolute Gasteiger partial charge is 0.454 e. The lowest BCUT2D eigenvalue weighted by atomic mass is 9.81. The van der Waals surface area contributed by atoms with Gasteiger partial charge in [0.2, 0.25) is 17.6 Å². The molecule has 1 aliphatic carbocycles. The molecular weight excluding hydrogens is 722 g/mol. The van der Waals surface area contributed by atoms with Gasteiger partial charge >= 0.3 is 5.97 Å². The van der Waals surface area contributed by atoms with Crippen LogP contribution in [0.2, 0.25) is 0 Å². The number of fused-ring (bicyclic) bond motifs is 2. The van der Waals surface area contributed by atoms with E-state index >= 15 is 0 Å². The quantitative estimate of drug-likeness (QED) is 0.0498. The molecule has 1 aromatic heterocycles. The second-order valence-electron chi connectivity index (χ2n) is 11.6. The summed E-state index contributed by atoms with van der Waals surface area (Å²) in [6.45, 7) is 2.84. The Labute approximate surface area is 280 Å². The Morgan fingerprint density at radius 1 is 0.935 bits per heavy atom. The number of amides is 2. The van der Waals surface area contributed by atoms with Crippen LogP contribution in [0, 0.1) is 35.8 Å². The number of esters is 1. The number of ketones is 1. The number of ether oxygens (including phenoxy) is 1. The van der Waals surface area contributed by atoms with E-state index in [-0.39, 0.29) is 50.1 Å². The monoisotopic (exact) mass is 747 g/mol. The fourth-order valence-electron chi connectivity index (χ4n) is 6.06. The summed E-state index contributed by atoms with van der Waals surface area (Å²) in [4.78, 5) is 69.7. The molecule has 0 bridgehead atoms. The molecule has 0 radical (unpaired) electrons. The molecule has 2 fully saturated rings. The summed E-state index contributed by atoms with van der Waals surface area (Å²) in [5, 5.41) is 11.8. The molecule has 1 saturated heterocycles. The molecule has 6 rings (SSSR count). The number of nitrogens with zero attached hydrogens (tertiary/aromatic N) is 3. The smallest absolute Gasteiger partial charge is 0.339 e. The lowest BCUT2D eigenvalue weighted by Crippen LogP contribution is -2.34. The van der Waals surface area contributed by atoms with Gasteiger partial charge in [0.15, 0.2) is 6.61 Å². The first-order valence-electron chi connectivity index (χ1n) is 14.6. The van der Waals surface area contributed by atoms with Crippen LogP contribution in [-0.2, 0) is 14.3 Å². The molecule has 4 aromatic rings. The number of aryl methyl sites for hydroxylation is 2. The number of benzene rings is 3. The van der Waals surface area contributed by atoms with Crippen LogP contribution in [0.1, 0.15) is 44.7 Å². The van der Waals surface area contributed by atoms with Crippen LogP contribution in [0.15, 0.2) is 66.7 Å². The number of carbonyl (C=O) groups is 4. The van der Waals surface area contributed by atoms with Crippen molar-refractivity contribution in [3.8, 4) is 11.3 Å². The van der Waals surface area contributed by atoms with Crippen LogP contribution < -0.4 is 4.90 Å². The van der Waals surface area contributed by atoms with Crippen LogP contribution >= 0.6 is 31.9 Å². The summed E-state index contributed by atoms with van der Waals surface area (Å²) in [5.74, 6) is -2.46. The minimum atomic E-state index is -0.753. The molecule has 234 valence electrons. The molecule has 2 aliphatic rings. The third-order valence-electron chi connectivity index (χ3n) is 8.58. The number of hydrogen-bond donors (Lipinski definition) is 0. The van der Waals surface area contributed by atoms with Gasteiger partial charge in [-0.2, -0.15) is 0 Å². The van der Waals surface area contributed by atoms with Gasteiger partial charge in [-0.3, -0.25) is 29.4 Å². The zero-order valence-electron chi connectivity index (χ0n) is 24.7. The van der Waals surface area contributed by atoms with Crippen molar-refractivity contribution in [2.45, 2.75) is 36.3 Å². The number of Topliss-reactive ketones (excluding diaryl/α,β-unsaturated/α-hetero) is 1. The lowest BCUT2D eigenvalue weighted by Gasteiger charge is -2.29. The van der Waals surface area contributed by atoms with Gasteiger partial charge < -0.3 is 4.74 Å². The SMILES string of the molecule is Cc1ccc2nc(-c3ccc(N4C(=O)C5CC(Br)C(Br)CC5C4=O)cc3)cc(C(=O)OCC(=O)c3ccc(C)c([N+](=O)[O-])c3)c2c1. The van der Waals surface area contributed by atoms with Crippen molar-refractivity contribution in [2.24, 2.45) is 11.8 Å². The van der Waals surface area contributed by atoms with Crippen molar-refractivity contribution in [3.05, 3.63) is 99.1 Å². The number of nitro benzene ring substituents is 1. The number of nitro groups is 1. The highest BCUT2D eigenvalue weighted by molar-refractivity contribution is 9.12. The van der Waals surface area contributed by atoms with E-state index in [0.29, 0.717) is 46.3 Å². The number of anilines is 1. The highest BCUT2D eigenvalue weighted by atomic mass is 79.9. The zero-order valence-corrected chi connectivity index (χ0v) is 27.9. The van der Waals surface area contributed by atoms with Gasteiger partial charge in [0, 0.05) is 37.8 Å². The van der Waals surface area contributed by atoms with E-state index in [9.17, 15) is 29.3 Å². The Bertz CT molecular complexity index is 1920. The van der Waals surface area contributed by atoms with Gasteiger partial charge in [0.25, 0.3) is 5.69 Å². The molecular formula is C34H27Br2N3O7. The molecule has 12 heteroatoms. The molecule has 46 heavy (non-hydrogen) atoms. The van der Waals surface area contributed by atoms with Crippen molar-refractivity contribution in [1.29, 1.82) is 0 Å². The predicted molar refractivity (Wildman–Crippen MR) is 178 cm³/mol. The number of alkyl halides is 2. The van der Waals surface area contributed by atoms with Gasteiger partial charge in [-0.1, -0.05) is 67.8 Å². The number of hydrogen-bond acceptors (Lipinski definition) is 8. The Morgan fingerprint density at radius 2 is 1.59 bits per heavy atom. The van der Waals surface area contributed by atoms with E-state index in [1.54, 1.807) is 49.4 Å². The van der Waals surface area contributed by atoms with Gasteiger partial charge in [-0.25, -0.2) is 9.78 Å². The van der Waals surface area contributed by atoms with E-state index in [2.05, 4.69) is 31.9 Å². The Balaban J connectivity index is 1.26. The molecule has 4 atom stereocenters. The third kappa shape index (κ3) is 5.87. The predicted octanol–water partition coefficient (Wildman–Crippen LogP) is 6.89. The summed E-state index contributed by atoms with van der Waals surface area (Å²) < 4.78 is 5.41. The van der Waals surface area contributed by atoms with Crippen LogP contribution in [-0.4, -0.2) is 49.7 Å². The minimum Gasteiger partial charge on any atom is -0.454 e. The third-order valence-corrected chi connectivity index (χ3v) is 11.3. The summed E-state index contributed by atoms with van der Waals surface area (Å²) in [7, 11) is 0. The fraction of sp³-hybridized carbons (Fsp3) is 0.265. The fourth-order valence-corrected chi connectivity index (χ4v) is 7.30. The van der Waals surface area contributed by atoms with Crippen molar-refractivity contribution in [1.82, 2.24) is 4.98 Å². The first-order valence-corrected chi connectivity index (χ1v) is 16.4. The van der Waals surface area contributed by atoms with E-state index in [1.807, 2.05) is 13.0 Å². The zero-order chi connectivity index (χ0) is 32.9. The average Bonchev–Trinajstić information content (AvgIpc) is 3.27. The van der Waals surface area contributed by atoms with Crippen LogP contribution in [0.3, 0.4) is 0 Å². The first kappa shape index (κ1) is 31.7. The molecule has 1 aliphatic heterocycles. The Hall–Kier alpha value is -4.29. The molecule has 0 N–H and O–H groups in total. The molecule has 3 aromatic carbocycles. The number of rotatable bonds is 7. The van der Waals surface area contributed by atoms with Gasteiger partial charge in [0.05, 0.1) is 39.2 Å². The van der Waals surface area contributed by atoms with Crippen LogP contribution in [0.5, 0.6) is 0 Å². The maximum atomic E-state index is 13.4. The normalized spacial score (nSPS) is 20.9. The highest BCUT2D eigenvalue weighted by Gasteiger charge is 2.52. The topological polar surface area (TPSA) is 137 Å².